The van der Waals surface area contributed by atoms with Crippen molar-refractivity contribution < 1.29 is 4.42 Å². The lowest BCUT2D eigenvalue weighted by Crippen LogP contribution is -2.27. The first-order chi connectivity index (χ1) is 9.67. The molecule has 0 aliphatic heterocycles. The summed E-state index contributed by atoms with van der Waals surface area (Å²) in [5.41, 5.74) is 1.30. The SMILES string of the molecule is CCCCN(CCCC)Cc1occc1CNC(C)C. The van der Waals surface area contributed by atoms with Crippen molar-refractivity contribution in [3.05, 3.63) is 23.7 Å². The van der Waals surface area contributed by atoms with Crippen molar-refractivity contribution >= 4 is 0 Å². The molecule has 0 saturated carbocycles. The Bertz CT molecular complexity index is 339. The van der Waals surface area contributed by atoms with Gasteiger partial charge in [-0.1, -0.05) is 40.5 Å². The van der Waals surface area contributed by atoms with Crippen LogP contribution in [0, 0.1) is 0 Å². The molecule has 0 spiro atoms. The van der Waals surface area contributed by atoms with E-state index >= 15 is 0 Å². The average molecular weight is 280 g/mol. The third kappa shape index (κ3) is 6.58. The Labute approximate surface area is 124 Å². The smallest absolute Gasteiger partial charge is 0.122 e. The van der Waals surface area contributed by atoms with Gasteiger partial charge in [-0.05, 0) is 32.0 Å². The van der Waals surface area contributed by atoms with Gasteiger partial charge < -0.3 is 9.73 Å². The van der Waals surface area contributed by atoms with Crippen molar-refractivity contribution in [3.63, 3.8) is 0 Å². The molecule has 1 heterocycles. The second-order valence-electron chi connectivity index (χ2n) is 5.89. The van der Waals surface area contributed by atoms with Crippen molar-refractivity contribution in [3.8, 4) is 0 Å². The second-order valence-corrected chi connectivity index (χ2v) is 5.89. The number of nitrogens with one attached hydrogen (secondary N) is 1. The summed E-state index contributed by atoms with van der Waals surface area (Å²) < 4.78 is 5.71. The summed E-state index contributed by atoms with van der Waals surface area (Å²) in [5, 5.41) is 3.47. The van der Waals surface area contributed by atoms with Gasteiger partial charge in [0.25, 0.3) is 0 Å². The highest BCUT2D eigenvalue weighted by Crippen LogP contribution is 2.14. The van der Waals surface area contributed by atoms with Gasteiger partial charge in [-0.15, -0.1) is 0 Å². The number of nitrogens with zero attached hydrogens (tertiary/aromatic N) is 1. The first-order valence-electron chi connectivity index (χ1n) is 8.18. The highest BCUT2D eigenvalue weighted by Gasteiger charge is 2.12. The Morgan fingerprint density at radius 3 is 2.35 bits per heavy atom. The zero-order valence-electron chi connectivity index (χ0n) is 13.7. The van der Waals surface area contributed by atoms with E-state index in [0.717, 1.165) is 18.8 Å². The molecule has 3 nitrogen and oxygen atoms in total. The third-order valence-corrected chi connectivity index (χ3v) is 3.56. The maximum Gasteiger partial charge on any atom is 0.122 e. The molecular weight excluding hydrogens is 248 g/mol. The quantitative estimate of drug-likeness (QED) is 0.659. The fourth-order valence-corrected chi connectivity index (χ4v) is 2.21. The highest BCUT2D eigenvalue weighted by atomic mass is 16.3. The molecule has 0 fully saturated rings. The minimum Gasteiger partial charge on any atom is -0.468 e. The summed E-state index contributed by atoms with van der Waals surface area (Å²) in [6, 6.07) is 2.61. The molecule has 0 aliphatic rings. The molecule has 0 bridgehead atoms. The van der Waals surface area contributed by atoms with Gasteiger partial charge >= 0.3 is 0 Å². The lowest BCUT2D eigenvalue weighted by Gasteiger charge is -2.21. The maximum absolute atomic E-state index is 5.71. The van der Waals surface area contributed by atoms with E-state index in [2.05, 4.69) is 44.0 Å². The number of furan rings is 1. The van der Waals surface area contributed by atoms with E-state index in [9.17, 15) is 0 Å². The van der Waals surface area contributed by atoms with E-state index < -0.39 is 0 Å². The first kappa shape index (κ1) is 17.3. The molecule has 0 radical (unpaired) electrons. The van der Waals surface area contributed by atoms with Gasteiger partial charge in [0.05, 0.1) is 12.8 Å². The predicted octanol–water partition coefficient (Wildman–Crippen LogP) is 4.18. The average Bonchev–Trinajstić information content (AvgIpc) is 2.86. The lowest BCUT2D eigenvalue weighted by molar-refractivity contribution is 0.235. The van der Waals surface area contributed by atoms with Crippen LogP contribution in [0.4, 0.5) is 0 Å². The molecule has 0 aromatic carbocycles. The minimum atomic E-state index is 0.508. The number of hydrogen-bond acceptors (Lipinski definition) is 3. The molecule has 1 aromatic rings. The number of rotatable bonds is 11. The first-order valence-corrected chi connectivity index (χ1v) is 8.18. The Morgan fingerprint density at radius 1 is 1.15 bits per heavy atom. The molecular formula is C17H32N2O. The Balaban J connectivity index is 2.55. The Morgan fingerprint density at radius 2 is 1.80 bits per heavy atom. The molecule has 1 N–H and O–H groups in total. The van der Waals surface area contributed by atoms with E-state index in [4.69, 9.17) is 4.42 Å². The fraction of sp³-hybridized carbons (Fsp3) is 0.765. The summed E-state index contributed by atoms with van der Waals surface area (Å²) in [6.45, 7) is 13.1. The van der Waals surface area contributed by atoms with Crippen LogP contribution >= 0.6 is 0 Å². The fourth-order valence-electron chi connectivity index (χ4n) is 2.21. The molecule has 20 heavy (non-hydrogen) atoms. The lowest BCUT2D eigenvalue weighted by atomic mass is 10.2. The van der Waals surface area contributed by atoms with Gasteiger partial charge in [0.2, 0.25) is 0 Å². The monoisotopic (exact) mass is 280 g/mol. The van der Waals surface area contributed by atoms with E-state index in [1.54, 1.807) is 0 Å². The summed E-state index contributed by atoms with van der Waals surface area (Å²) in [7, 11) is 0. The van der Waals surface area contributed by atoms with Crippen molar-refractivity contribution in [1.82, 2.24) is 10.2 Å². The van der Waals surface area contributed by atoms with Crippen molar-refractivity contribution in [1.29, 1.82) is 0 Å². The van der Waals surface area contributed by atoms with E-state index in [0.29, 0.717) is 6.04 Å². The molecule has 0 unspecified atom stereocenters. The summed E-state index contributed by atoms with van der Waals surface area (Å²) in [4.78, 5) is 2.53. The van der Waals surface area contributed by atoms with Crippen molar-refractivity contribution in [2.45, 2.75) is 72.5 Å². The summed E-state index contributed by atoms with van der Waals surface area (Å²) in [5.74, 6) is 1.13. The summed E-state index contributed by atoms with van der Waals surface area (Å²) in [6.07, 6.45) is 6.86. The second kappa shape index (κ2) is 10.0. The zero-order chi connectivity index (χ0) is 14.8. The molecule has 0 aliphatic carbocycles. The minimum absolute atomic E-state index is 0.508. The largest absolute Gasteiger partial charge is 0.468 e. The van der Waals surface area contributed by atoms with E-state index in [-0.39, 0.29) is 0 Å². The van der Waals surface area contributed by atoms with Crippen LogP contribution in [0.15, 0.2) is 16.7 Å². The molecule has 116 valence electrons. The van der Waals surface area contributed by atoms with Crippen LogP contribution in [-0.4, -0.2) is 24.0 Å². The van der Waals surface area contributed by atoms with Crippen LogP contribution < -0.4 is 5.32 Å². The number of hydrogen-bond donors (Lipinski definition) is 1. The zero-order valence-corrected chi connectivity index (χ0v) is 13.7. The van der Waals surface area contributed by atoms with Crippen LogP contribution in [0.2, 0.25) is 0 Å². The predicted molar refractivity (Wildman–Crippen MR) is 85.8 cm³/mol. The molecule has 1 rings (SSSR count). The molecule has 1 aromatic heterocycles. The Kier molecular flexibility index (Phi) is 8.63. The molecule has 0 atom stereocenters. The van der Waals surface area contributed by atoms with Gasteiger partial charge in [-0.3, -0.25) is 4.90 Å². The third-order valence-electron chi connectivity index (χ3n) is 3.56. The molecule has 3 heteroatoms. The topological polar surface area (TPSA) is 28.4 Å². The van der Waals surface area contributed by atoms with Gasteiger partial charge in [0, 0.05) is 18.2 Å². The maximum atomic E-state index is 5.71. The van der Waals surface area contributed by atoms with Crippen LogP contribution in [0.25, 0.3) is 0 Å². The van der Waals surface area contributed by atoms with Gasteiger partial charge in [0.1, 0.15) is 5.76 Å². The summed E-state index contributed by atoms with van der Waals surface area (Å²) >= 11 is 0. The standard InChI is InChI=1S/C17H32N2O/c1-5-7-10-19(11-8-6-2)14-17-16(9-12-20-17)13-18-15(3)4/h9,12,15,18H,5-8,10-11,13-14H2,1-4H3. The van der Waals surface area contributed by atoms with Crippen LogP contribution in [0.1, 0.15) is 64.7 Å². The van der Waals surface area contributed by atoms with Gasteiger partial charge in [-0.25, -0.2) is 0 Å². The molecule has 0 amide bonds. The number of unbranched alkanes of at least 4 members (excludes halogenated alkanes) is 2. The van der Waals surface area contributed by atoms with Crippen molar-refractivity contribution in [2.75, 3.05) is 13.1 Å². The molecule has 0 saturated heterocycles. The highest BCUT2D eigenvalue weighted by molar-refractivity contribution is 5.16. The van der Waals surface area contributed by atoms with Crippen molar-refractivity contribution in [2.24, 2.45) is 0 Å². The van der Waals surface area contributed by atoms with Gasteiger partial charge in [0.15, 0.2) is 0 Å². The van der Waals surface area contributed by atoms with Crippen LogP contribution in [0.3, 0.4) is 0 Å². The van der Waals surface area contributed by atoms with Gasteiger partial charge in [-0.2, -0.15) is 0 Å². The van der Waals surface area contributed by atoms with E-state index in [1.807, 2.05) is 6.26 Å². The van der Waals surface area contributed by atoms with E-state index in [1.165, 1.54) is 44.3 Å². The van der Waals surface area contributed by atoms with Crippen LogP contribution in [0.5, 0.6) is 0 Å². The normalized spacial score (nSPS) is 11.7. The van der Waals surface area contributed by atoms with Crippen LogP contribution in [-0.2, 0) is 13.1 Å². The Hall–Kier alpha value is -0.800.